The average Bonchev–Trinajstić information content (AvgIpc) is 2.23. The van der Waals surface area contributed by atoms with E-state index in [2.05, 4.69) is 14.7 Å². The van der Waals surface area contributed by atoms with Crippen molar-refractivity contribution in [3.8, 4) is 0 Å². The van der Waals surface area contributed by atoms with Crippen molar-refractivity contribution in [3.63, 3.8) is 0 Å². The largest absolute Gasteiger partial charge is 0.461 e. The molecule has 0 fully saturated rings. The van der Waals surface area contributed by atoms with Gasteiger partial charge in [0.05, 0.1) is 18.4 Å². The lowest BCUT2D eigenvalue weighted by atomic mass is 10.3. The van der Waals surface area contributed by atoms with Crippen LogP contribution in [0.15, 0.2) is 5.16 Å². The van der Waals surface area contributed by atoms with E-state index in [0.717, 1.165) is 0 Å². The van der Waals surface area contributed by atoms with Crippen LogP contribution in [-0.4, -0.2) is 42.4 Å². The number of halogens is 2. The third-order valence-corrected chi connectivity index (χ3v) is 1.58. The predicted molar refractivity (Wildman–Crippen MR) is 56.5 cm³/mol. The molecule has 0 saturated carbocycles. The summed E-state index contributed by atoms with van der Waals surface area (Å²) in [5.74, 6) is -1.65. The summed E-state index contributed by atoms with van der Waals surface area (Å²) in [4.78, 5) is 26.9. The lowest BCUT2D eigenvalue weighted by Gasteiger charge is -2.02. The Balaban J connectivity index is 4.49. The minimum atomic E-state index is -0.849. The second kappa shape index (κ2) is 8.49. The van der Waals surface area contributed by atoms with Gasteiger partial charge in [0.1, 0.15) is 6.61 Å². The molecule has 0 spiro atoms. The van der Waals surface area contributed by atoms with Gasteiger partial charge in [0.2, 0.25) is 11.5 Å². The van der Waals surface area contributed by atoms with Crippen molar-refractivity contribution in [2.45, 2.75) is 6.92 Å². The maximum absolute atomic E-state index is 11.2. The van der Waals surface area contributed by atoms with Gasteiger partial charge in [-0.2, -0.15) is 0 Å². The first-order valence-corrected chi connectivity index (χ1v) is 5.26. The Hall–Kier alpha value is -0.810. The Morgan fingerprint density at radius 1 is 1.33 bits per heavy atom. The molecule has 0 saturated heterocycles. The van der Waals surface area contributed by atoms with Crippen LogP contribution >= 0.6 is 23.2 Å². The SMILES string of the molecule is CCOC(=O)C(=NOCCCl)C(=O)CCl. The highest BCUT2D eigenvalue weighted by Crippen LogP contribution is 1.93. The standard InChI is InChI=1S/C8H11Cl2NO4/c1-2-14-8(13)7(6(12)5-10)11-15-4-3-9/h2-5H2,1H3. The molecule has 0 unspecified atom stereocenters. The lowest BCUT2D eigenvalue weighted by molar-refractivity contribution is -0.135. The Kier molecular flexibility index (Phi) is 8.04. The van der Waals surface area contributed by atoms with Crippen LogP contribution in [-0.2, 0) is 19.2 Å². The molecular formula is C8H11Cl2NO4. The van der Waals surface area contributed by atoms with Crippen molar-refractivity contribution >= 4 is 40.7 Å². The topological polar surface area (TPSA) is 65.0 Å². The van der Waals surface area contributed by atoms with Crippen LogP contribution in [0, 0.1) is 0 Å². The fraction of sp³-hybridized carbons (Fsp3) is 0.625. The zero-order valence-corrected chi connectivity index (χ0v) is 9.68. The number of carbonyl (C=O) groups excluding carboxylic acids is 2. The highest BCUT2D eigenvalue weighted by atomic mass is 35.5. The van der Waals surface area contributed by atoms with Gasteiger partial charge in [0.15, 0.2) is 0 Å². The van der Waals surface area contributed by atoms with Gasteiger partial charge in [0, 0.05) is 0 Å². The molecule has 0 bridgehead atoms. The van der Waals surface area contributed by atoms with E-state index in [4.69, 9.17) is 23.2 Å². The molecule has 0 rings (SSSR count). The number of alkyl halides is 2. The first kappa shape index (κ1) is 14.2. The van der Waals surface area contributed by atoms with E-state index in [1.165, 1.54) is 0 Å². The molecule has 0 amide bonds. The summed E-state index contributed by atoms with van der Waals surface area (Å²) in [6.45, 7) is 1.85. The van der Waals surface area contributed by atoms with Gasteiger partial charge in [-0.3, -0.25) is 4.79 Å². The summed E-state index contributed by atoms with van der Waals surface area (Å²) >= 11 is 10.6. The summed E-state index contributed by atoms with van der Waals surface area (Å²) in [7, 11) is 0. The van der Waals surface area contributed by atoms with Crippen LogP contribution in [0.1, 0.15) is 6.92 Å². The molecule has 5 nitrogen and oxygen atoms in total. The third-order valence-electron chi connectivity index (χ3n) is 1.18. The van der Waals surface area contributed by atoms with E-state index >= 15 is 0 Å². The quantitative estimate of drug-likeness (QED) is 0.170. The van der Waals surface area contributed by atoms with Gasteiger partial charge in [0.25, 0.3) is 0 Å². The molecule has 0 heterocycles. The number of ketones is 1. The molecule has 0 atom stereocenters. The number of nitrogens with zero attached hydrogens (tertiary/aromatic N) is 1. The minimum absolute atomic E-state index is 0.0972. The van der Waals surface area contributed by atoms with E-state index in [1.54, 1.807) is 6.92 Å². The van der Waals surface area contributed by atoms with Crippen LogP contribution < -0.4 is 0 Å². The Morgan fingerprint density at radius 3 is 2.47 bits per heavy atom. The van der Waals surface area contributed by atoms with Crippen LogP contribution in [0.4, 0.5) is 0 Å². The monoisotopic (exact) mass is 255 g/mol. The summed E-state index contributed by atoms with van der Waals surface area (Å²) in [6, 6.07) is 0. The maximum atomic E-state index is 11.2. The van der Waals surface area contributed by atoms with E-state index in [-0.39, 0.29) is 25.0 Å². The number of hydrogen-bond acceptors (Lipinski definition) is 5. The van der Waals surface area contributed by atoms with Crippen molar-refractivity contribution in [3.05, 3.63) is 0 Å². The predicted octanol–water partition coefficient (Wildman–Crippen LogP) is 0.969. The number of ether oxygens (including phenoxy) is 1. The summed E-state index contributed by atoms with van der Waals surface area (Å²) in [5, 5.41) is 3.33. The molecule has 0 aliphatic rings. The number of rotatable bonds is 7. The van der Waals surface area contributed by atoms with Crippen LogP contribution in [0.3, 0.4) is 0 Å². The molecule has 0 aromatic rings. The first-order valence-electron chi connectivity index (χ1n) is 4.19. The number of carbonyl (C=O) groups is 2. The van der Waals surface area contributed by atoms with Crippen LogP contribution in [0.2, 0.25) is 0 Å². The Morgan fingerprint density at radius 2 is 2.00 bits per heavy atom. The third kappa shape index (κ3) is 5.59. The van der Waals surface area contributed by atoms with E-state index in [1.807, 2.05) is 0 Å². The Labute approximate surface area is 97.3 Å². The van der Waals surface area contributed by atoms with E-state index in [0.29, 0.717) is 0 Å². The van der Waals surface area contributed by atoms with Crippen molar-refractivity contribution in [2.75, 3.05) is 25.0 Å². The molecule has 7 heteroatoms. The molecule has 0 N–H and O–H groups in total. The van der Waals surface area contributed by atoms with Crippen LogP contribution in [0.25, 0.3) is 0 Å². The van der Waals surface area contributed by atoms with Gasteiger partial charge >= 0.3 is 5.97 Å². The number of hydrogen-bond donors (Lipinski definition) is 0. The zero-order valence-electron chi connectivity index (χ0n) is 8.16. The number of Topliss-reactive ketones (excluding diaryl/α,β-unsaturated/α-hetero) is 1. The van der Waals surface area contributed by atoms with E-state index < -0.39 is 17.5 Å². The number of esters is 1. The van der Waals surface area contributed by atoms with Gasteiger partial charge in [-0.1, -0.05) is 5.16 Å². The van der Waals surface area contributed by atoms with Gasteiger partial charge in [-0.25, -0.2) is 4.79 Å². The molecule has 0 aromatic carbocycles. The highest BCUT2D eigenvalue weighted by Gasteiger charge is 2.21. The van der Waals surface area contributed by atoms with Crippen molar-refractivity contribution in [1.29, 1.82) is 0 Å². The smallest absolute Gasteiger partial charge is 0.364 e. The van der Waals surface area contributed by atoms with Crippen molar-refractivity contribution < 1.29 is 19.2 Å². The first-order chi connectivity index (χ1) is 7.17. The summed E-state index contributed by atoms with van der Waals surface area (Å²) in [6.07, 6.45) is 0. The van der Waals surface area contributed by atoms with Gasteiger partial charge < -0.3 is 9.57 Å². The average molecular weight is 256 g/mol. The fourth-order valence-electron chi connectivity index (χ4n) is 0.609. The number of oxime groups is 1. The fourth-order valence-corrected chi connectivity index (χ4v) is 0.805. The maximum Gasteiger partial charge on any atom is 0.364 e. The van der Waals surface area contributed by atoms with Gasteiger partial charge in [-0.05, 0) is 6.92 Å². The second-order valence-electron chi connectivity index (χ2n) is 2.24. The molecular weight excluding hydrogens is 245 g/mol. The molecule has 0 aliphatic carbocycles. The van der Waals surface area contributed by atoms with Gasteiger partial charge in [-0.15, -0.1) is 23.2 Å². The lowest BCUT2D eigenvalue weighted by Crippen LogP contribution is -2.27. The Bertz CT molecular complexity index is 255. The van der Waals surface area contributed by atoms with Crippen molar-refractivity contribution in [1.82, 2.24) is 0 Å². The summed E-state index contributed by atoms with van der Waals surface area (Å²) in [5.41, 5.74) is -0.447. The molecule has 0 aliphatic heterocycles. The molecule has 86 valence electrons. The summed E-state index contributed by atoms with van der Waals surface area (Å²) < 4.78 is 4.60. The van der Waals surface area contributed by atoms with E-state index in [9.17, 15) is 9.59 Å². The minimum Gasteiger partial charge on any atom is -0.461 e. The molecule has 0 aromatic heterocycles. The van der Waals surface area contributed by atoms with Crippen LogP contribution in [0.5, 0.6) is 0 Å². The zero-order chi connectivity index (χ0) is 11.7. The molecule has 15 heavy (non-hydrogen) atoms. The van der Waals surface area contributed by atoms with Crippen molar-refractivity contribution in [2.24, 2.45) is 5.16 Å². The normalized spacial score (nSPS) is 11.0. The molecule has 0 radical (unpaired) electrons. The second-order valence-corrected chi connectivity index (χ2v) is 2.88. The highest BCUT2D eigenvalue weighted by molar-refractivity contribution is 6.67.